The summed E-state index contributed by atoms with van der Waals surface area (Å²) in [6, 6.07) is 15.9. The summed E-state index contributed by atoms with van der Waals surface area (Å²) in [6.45, 7) is 2.54. The smallest absolute Gasteiger partial charge is 0.288 e. The number of aromatic nitrogens is 1. The molecule has 0 bridgehead atoms. The van der Waals surface area contributed by atoms with Gasteiger partial charge in [-0.3, -0.25) is 19.7 Å². The lowest BCUT2D eigenvalue weighted by Gasteiger charge is -2.34. The number of methoxy groups -OCH3 is 1. The number of nitro benzene ring substituents is 1. The number of piperazine rings is 1. The van der Waals surface area contributed by atoms with E-state index >= 15 is 0 Å². The van der Waals surface area contributed by atoms with Crippen molar-refractivity contribution in [1.29, 1.82) is 0 Å². The maximum atomic E-state index is 15.0. The first-order valence-corrected chi connectivity index (χ1v) is 13.3. The summed E-state index contributed by atoms with van der Waals surface area (Å²) in [5.41, 5.74) is 1.87. The van der Waals surface area contributed by atoms with Crippen LogP contribution in [-0.2, 0) is 0 Å². The Kier molecular flexibility index (Phi) is 7.95. The van der Waals surface area contributed by atoms with Gasteiger partial charge in [0.1, 0.15) is 22.4 Å². The Morgan fingerprint density at radius 2 is 1.55 bits per heavy atom. The first kappa shape index (κ1) is 28.7. The predicted octanol–water partition coefficient (Wildman–Crippen LogP) is 5.90. The molecule has 0 saturated carbocycles. The van der Waals surface area contributed by atoms with Gasteiger partial charge in [-0.25, -0.2) is 8.78 Å². The minimum Gasteiger partial charge on any atom is -0.497 e. The van der Waals surface area contributed by atoms with E-state index in [1.165, 1.54) is 23.1 Å². The molecule has 2 heterocycles. The molecule has 0 atom stereocenters. The monoisotopic (exact) mass is 594 g/mol. The second-order valence-corrected chi connectivity index (χ2v) is 10.1. The van der Waals surface area contributed by atoms with Crippen LogP contribution in [0.3, 0.4) is 0 Å². The third-order valence-corrected chi connectivity index (χ3v) is 7.58. The Morgan fingerprint density at radius 1 is 0.905 bits per heavy atom. The van der Waals surface area contributed by atoms with Gasteiger partial charge < -0.3 is 19.1 Å². The van der Waals surface area contributed by atoms with Gasteiger partial charge in [0.25, 0.3) is 17.5 Å². The van der Waals surface area contributed by atoms with Crippen LogP contribution >= 0.6 is 11.6 Å². The van der Waals surface area contributed by atoms with E-state index in [2.05, 4.69) is 0 Å². The number of nitro groups is 1. The van der Waals surface area contributed by atoms with Gasteiger partial charge in [0.2, 0.25) is 0 Å². The quantitative estimate of drug-likeness (QED) is 0.204. The number of hydrogen-bond donors (Lipinski definition) is 0. The van der Waals surface area contributed by atoms with Gasteiger partial charge in [-0.1, -0.05) is 11.6 Å². The van der Waals surface area contributed by atoms with E-state index in [0.717, 1.165) is 18.2 Å². The van der Waals surface area contributed by atoms with Crippen LogP contribution in [0.15, 0.2) is 66.7 Å². The SMILES string of the molecule is COc1ccc(-c2cc(C(=O)N3CCN(C(=O)c4ccc(Cl)c([N+](=O)[O-])c4)CC3)c(C)n2-c2ccc(F)cc2F)cc1. The second kappa shape index (κ2) is 11.6. The number of ether oxygens (including phenoxy) is 1. The molecule has 4 aromatic rings. The number of benzene rings is 3. The molecule has 216 valence electrons. The van der Waals surface area contributed by atoms with E-state index in [-0.39, 0.29) is 54.0 Å². The summed E-state index contributed by atoms with van der Waals surface area (Å²) in [5.74, 6) is -1.59. The first-order chi connectivity index (χ1) is 20.1. The highest BCUT2D eigenvalue weighted by molar-refractivity contribution is 6.32. The van der Waals surface area contributed by atoms with Crippen molar-refractivity contribution in [2.75, 3.05) is 33.3 Å². The highest BCUT2D eigenvalue weighted by Gasteiger charge is 2.30. The molecule has 0 unspecified atom stereocenters. The Morgan fingerprint density at radius 3 is 2.14 bits per heavy atom. The molecule has 0 spiro atoms. The predicted molar refractivity (Wildman–Crippen MR) is 152 cm³/mol. The normalized spacial score (nSPS) is 13.3. The largest absolute Gasteiger partial charge is 0.497 e. The molecule has 2 amide bonds. The van der Waals surface area contributed by atoms with Crippen molar-refractivity contribution in [3.8, 4) is 22.7 Å². The van der Waals surface area contributed by atoms with Gasteiger partial charge in [0.15, 0.2) is 0 Å². The Bertz CT molecular complexity index is 1700. The number of carbonyl (C=O) groups is 2. The zero-order chi connectivity index (χ0) is 30.1. The van der Waals surface area contributed by atoms with Gasteiger partial charge in [-0.15, -0.1) is 0 Å². The van der Waals surface area contributed by atoms with Gasteiger partial charge in [-0.05, 0) is 67.1 Å². The van der Waals surface area contributed by atoms with Crippen LogP contribution in [0.2, 0.25) is 5.02 Å². The van der Waals surface area contributed by atoms with Gasteiger partial charge >= 0.3 is 0 Å². The molecule has 1 saturated heterocycles. The number of hydrogen-bond acceptors (Lipinski definition) is 5. The van der Waals surface area contributed by atoms with Gasteiger partial charge in [0.05, 0.1) is 29.0 Å². The third kappa shape index (κ3) is 5.42. The lowest BCUT2D eigenvalue weighted by atomic mass is 10.1. The Labute approximate surface area is 244 Å². The topological polar surface area (TPSA) is 97.9 Å². The molecule has 3 aromatic carbocycles. The fraction of sp³-hybridized carbons (Fsp3) is 0.200. The van der Waals surface area contributed by atoms with E-state index < -0.39 is 22.5 Å². The van der Waals surface area contributed by atoms with Crippen LogP contribution < -0.4 is 4.74 Å². The molecule has 9 nitrogen and oxygen atoms in total. The molecule has 42 heavy (non-hydrogen) atoms. The molecular weight excluding hydrogens is 570 g/mol. The van der Waals surface area contributed by atoms with Crippen molar-refractivity contribution in [3.05, 3.63) is 110 Å². The number of rotatable bonds is 6. The molecule has 0 aliphatic carbocycles. The fourth-order valence-electron chi connectivity index (χ4n) is 5.02. The van der Waals surface area contributed by atoms with Crippen molar-refractivity contribution in [2.45, 2.75) is 6.92 Å². The van der Waals surface area contributed by atoms with Gasteiger partial charge in [0, 0.05) is 49.6 Å². The highest BCUT2D eigenvalue weighted by atomic mass is 35.5. The number of amides is 2. The molecule has 0 N–H and O–H groups in total. The average Bonchev–Trinajstić information content (AvgIpc) is 3.33. The van der Waals surface area contributed by atoms with Crippen molar-refractivity contribution in [1.82, 2.24) is 14.4 Å². The molecule has 1 aromatic heterocycles. The van der Waals surface area contributed by atoms with E-state index in [4.69, 9.17) is 16.3 Å². The molecule has 1 aliphatic rings. The third-order valence-electron chi connectivity index (χ3n) is 7.26. The van der Waals surface area contributed by atoms with E-state index in [0.29, 0.717) is 28.3 Å². The molecule has 1 fully saturated rings. The zero-order valence-electron chi connectivity index (χ0n) is 22.6. The fourth-order valence-corrected chi connectivity index (χ4v) is 5.21. The molecular formula is C30H25ClF2N4O5. The molecule has 12 heteroatoms. The Hall–Kier alpha value is -4.77. The molecule has 0 radical (unpaired) electrons. The van der Waals surface area contributed by atoms with Crippen LogP contribution in [-0.4, -0.2) is 64.4 Å². The lowest BCUT2D eigenvalue weighted by molar-refractivity contribution is -0.384. The summed E-state index contributed by atoms with van der Waals surface area (Å²) in [4.78, 5) is 40.5. The van der Waals surface area contributed by atoms with Gasteiger partial charge in [-0.2, -0.15) is 0 Å². The number of carbonyl (C=O) groups excluding carboxylic acids is 2. The first-order valence-electron chi connectivity index (χ1n) is 12.9. The van der Waals surface area contributed by atoms with Crippen LogP contribution in [0.25, 0.3) is 16.9 Å². The lowest BCUT2D eigenvalue weighted by Crippen LogP contribution is -2.50. The van der Waals surface area contributed by atoms with E-state index in [9.17, 15) is 28.5 Å². The number of nitrogens with zero attached hydrogens (tertiary/aromatic N) is 4. The van der Waals surface area contributed by atoms with Crippen molar-refractivity contribution in [2.24, 2.45) is 0 Å². The molecule has 1 aliphatic heterocycles. The summed E-state index contributed by atoms with van der Waals surface area (Å²) in [7, 11) is 1.54. The maximum absolute atomic E-state index is 15.0. The molecule has 5 rings (SSSR count). The minimum atomic E-state index is -0.781. The van der Waals surface area contributed by atoms with Crippen molar-refractivity contribution >= 4 is 29.1 Å². The van der Waals surface area contributed by atoms with Crippen LogP contribution in [0.5, 0.6) is 5.75 Å². The average molecular weight is 595 g/mol. The second-order valence-electron chi connectivity index (χ2n) is 9.70. The van der Waals surface area contributed by atoms with E-state index in [1.807, 2.05) is 0 Å². The highest BCUT2D eigenvalue weighted by Crippen LogP contribution is 2.33. The zero-order valence-corrected chi connectivity index (χ0v) is 23.4. The summed E-state index contributed by atoms with van der Waals surface area (Å²) in [5, 5.41) is 11.2. The standard InChI is InChI=1S/C30H25ClF2N4O5/c1-18-23(17-27(19-3-7-22(42-2)8-4-19)36(18)26-10-6-21(32)16-25(26)33)30(39)35-13-11-34(12-14-35)29(38)20-5-9-24(31)28(15-20)37(40)41/h3-10,15-17H,11-14H2,1-2H3. The van der Waals surface area contributed by atoms with Crippen molar-refractivity contribution < 1.29 is 28.0 Å². The Balaban J connectivity index is 1.42. The summed E-state index contributed by atoms with van der Waals surface area (Å²) in [6.07, 6.45) is 0. The van der Waals surface area contributed by atoms with Crippen LogP contribution in [0.1, 0.15) is 26.4 Å². The summed E-state index contributed by atoms with van der Waals surface area (Å²) < 4.78 is 35.5. The van der Waals surface area contributed by atoms with Crippen molar-refractivity contribution in [3.63, 3.8) is 0 Å². The van der Waals surface area contributed by atoms with E-state index in [1.54, 1.807) is 53.8 Å². The maximum Gasteiger partial charge on any atom is 0.288 e. The minimum absolute atomic E-state index is 0.0659. The summed E-state index contributed by atoms with van der Waals surface area (Å²) >= 11 is 5.87. The van der Waals surface area contributed by atoms with Crippen LogP contribution in [0, 0.1) is 28.7 Å². The van der Waals surface area contributed by atoms with Crippen LogP contribution in [0.4, 0.5) is 14.5 Å². The number of halogens is 3.